The van der Waals surface area contributed by atoms with E-state index in [1.165, 1.54) is 42.9 Å². The molecule has 1 atom stereocenters. The summed E-state index contributed by atoms with van der Waals surface area (Å²) in [6, 6.07) is 0.642. The van der Waals surface area contributed by atoms with E-state index in [0.717, 1.165) is 13.1 Å². The van der Waals surface area contributed by atoms with E-state index in [0.29, 0.717) is 17.5 Å². The summed E-state index contributed by atoms with van der Waals surface area (Å²) in [5.74, 6) is 0.695. The Morgan fingerprint density at radius 1 is 1.45 bits per heavy atom. The number of aryl methyl sites for hydroxylation is 1. The van der Waals surface area contributed by atoms with E-state index in [1.54, 1.807) is 11.3 Å². The van der Waals surface area contributed by atoms with Crippen molar-refractivity contribution >= 4 is 11.3 Å². The van der Waals surface area contributed by atoms with Crippen molar-refractivity contribution in [1.29, 1.82) is 0 Å². The molecule has 1 N–H and O–H groups in total. The molecule has 1 saturated heterocycles. The van der Waals surface area contributed by atoms with Crippen LogP contribution in [0.3, 0.4) is 0 Å². The van der Waals surface area contributed by atoms with Crippen molar-refractivity contribution in [1.82, 2.24) is 15.2 Å². The number of nitrogens with zero attached hydrogens (tertiary/aromatic N) is 2. The minimum Gasteiger partial charge on any atom is -0.308 e. The van der Waals surface area contributed by atoms with Crippen LogP contribution in [0.2, 0.25) is 0 Å². The third-order valence-electron chi connectivity index (χ3n) is 5.02. The van der Waals surface area contributed by atoms with Gasteiger partial charge in [-0.3, -0.25) is 4.90 Å². The maximum Gasteiger partial charge on any atom is 0.0897 e. The predicted molar refractivity (Wildman–Crippen MR) is 85.1 cm³/mol. The summed E-state index contributed by atoms with van der Waals surface area (Å²) in [5, 5.41) is 7.31. The number of hydrogen-bond donors (Lipinski definition) is 1. The van der Waals surface area contributed by atoms with Gasteiger partial charge in [-0.25, -0.2) is 4.98 Å². The van der Waals surface area contributed by atoms with Gasteiger partial charge in [-0.2, -0.15) is 0 Å². The number of aromatic nitrogens is 1. The lowest BCUT2D eigenvalue weighted by Gasteiger charge is -2.47. The molecule has 1 saturated carbocycles. The third-order valence-corrected chi connectivity index (χ3v) is 5.85. The molecule has 1 unspecified atom stereocenters. The number of hydrogen-bond acceptors (Lipinski definition) is 4. The minimum atomic E-state index is 0.399. The predicted octanol–water partition coefficient (Wildman–Crippen LogP) is 3.19. The summed E-state index contributed by atoms with van der Waals surface area (Å²) >= 11 is 1.77. The van der Waals surface area contributed by atoms with Crippen molar-refractivity contribution in [3.05, 3.63) is 16.1 Å². The zero-order valence-corrected chi connectivity index (χ0v) is 13.8. The Bertz CT molecular complexity index is 448. The molecular weight excluding hydrogens is 266 g/mol. The first-order chi connectivity index (χ1) is 9.58. The molecule has 2 heterocycles. The highest BCUT2D eigenvalue weighted by atomic mass is 32.1. The Balaban J connectivity index is 1.75. The molecule has 20 heavy (non-hydrogen) atoms. The molecule has 1 aromatic heterocycles. The Morgan fingerprint density at radius 2 is 2.20 bits per heavy atom. The van der Waals surface area contributed by atoms with Crippen LogP contribution in [-0.2, 0) is 6.54 Å². The highest BCUT2D eigenvalue weighted by Crippen LogP contribution is 2.34. The van der Waals surface area contributed by atoms with Gasteiger partial charge >= 0.3 is 0 Å². The van der Waals surface area contributed by atoms with Crippen molar-refractivity contribution in [3.63, 3.8) is 0 Å². The van der Waals surface area contributed by atoms with Gasteiger partial charge in [-0.05, 0) is 25.7 Å². The molecule has 1 spiro atoms. The molecule has 1 aliphatic carbocycles. The van der Waals surface area contributed by atoms with Crippen LogP contribution < -0.4 is 5.32 Å². The zero-order chi connectivity index (χ0) is 14.2. The molecule has 112 valence electrons. The number of thiazole rings is 1. The molecule has 0 aromatic carbocycles. The number of piperazine rings is 1. The number of nitrogens with one attached hydrogen (secondary N) is 1. The molecule has 2 fully saturated rings. The van der Waals surface area contributed by atoms with E-state index in [9.17, 15) is 0 Å². The van der Waals surface area contributed by atoms with Gasteiger partial charge in [0.2, 0.25) is 0 Å². The molecule has 0 radical (unpaired) electrons. The summed E-state index contributed by atoms with van der Waals surface area (Å²) in [4.78, 5) is 7.37. The second-order valence-electron chi connectivity index (χ2n) is 6.94. The molecule has 3 rings (SSSR count). The van der Waals surface area contributed by atoms with Crippen LogP contribution in [0.25, 0.3) is 0 Å². The van der Waals surface area contributed by atoms with E-state index < -0.39 is 0 Å². The first kappa shape index (κ1) is 14.5. The van der Waals surface area contributed by atoms with Crippen LogP contribution in [0.1, 0.15) is 50.2 Å². The van der Waals surface area contributed by atoms with Gasteiger partial charge in [0.1, 0.15) is 0 Å². The average Bonchev–Trinajstić information content (AvgIpc) is 2.99. The Labute approximate surface area is 126 Å². The van der Waals surface area contributed by atoms with E-state index in [1.807, 2.05) is 0 Å². The van der Waals surface area contributed by atoms with Gasteiger partial charge in [0.15, 0.2) is 0 Å². The molecule has 4 heteroatoms. The van der Waals surface area contributed by atoms with E-state index in [-0.39, 0.29) is 0 Å². The average molecular weight is 293 g/mol. The quantitative estimate of drug-likeness (QED) is 0.927. The van der Waals surface area contributed by atoms with Crippen molar-refractivity contribution < 1.29 is 0 Å². The molecule has 0 amide bonds. The molecule has 2 aliphatic rings. The Hall–Kier alpha value is -0.450. The topological polar surface area (TPSA) is 28.2 Å². The lowest BCUT2D eigenvalue weighted by atomic mass is 9.89. The standard InChI is InChI=1S/C16H27N3S/c1-12(2)15-8-17-16(6-4-5-7-16)11-19(15)9-14-10-20-13(3)18-14/h10,12,15,17H,4-9,11H2,1-3H3. The monoisotopic (exact) mass is 293 g/mol. The lowest BCUT2D eigenvalue weighted by Crippen LogP contribution is -2.64. The van der Waals surface area contributed by atoms with Crippen LogP contribution in [-0.4, -0.2) is 34.6 Å². The summed E-state index contributed by atoms with van der Waals surface area (Å²) in [7, 11) is 0. The van der Waals surface area contributed by atoms with Crippen molar-refractivity contribution in [2.24, 2.45) is 5.92 Å². The number of rotatable bonds is 3. The molecule has 1 aromatic rings. The van der Waals surface area contributed by atoms with E-state index >= 15 is 0 Å². The highest BCUT2D eigenvalue weighted by Gasteiger charge is 2.41. The first-order valence-corrected chi connectivity index (χ1v) is 8.86. The smallest absolute Gasteiger partial charge is 0.0897 e. The largest absolute Gasteiger partial charge is 0.308 e. The van der Waals surface area contributed by atoms with Crippen LogP contribution in [0.15, 0.2) is 5.38 Å². The van der Waals surface area contributed by atoms with Crippen LogP contribution >= 0.6 is 11.3 Å². The van der Waals surface area contributed by atoms with Crippen LogP contribution in [0, 0.1) is 12.8 Å². The molecule has 0 bridgehead atoms. The highest BCUT2D eigenvalue weighted by molar-refractivity contribution is 7.09. The molecule has 3 nitrogen and oxygen atoms in total. The van der Waals surface area contributed by atoms with Gasteiger partial charge in [0.05, 0.1) is 10.7 Å². The molecular formula is C16H27N3S. The summed E-state index contributed by atoms with van der Waals surface area (Å²) < 4.78 is 0. The second-order valence-corrected chi connectivity index (χ2v) is 8.00. The van der Waals surface area contributed by atoms with Crippen LogP contribution in [0.5, 0.6) is 0 Å². The lowest BCUT2D eigenvalue weighted by molar-refractivity contribution is 0.0498. The minimum absolute atomic E-state index is 0.399. The van der Waals surface area contributed by atoms with E-state index in [4.69, 9.17) is 0 Å². The fourth-order valence-electron chi connectivity index (χ4n) is 3.92. The third kappa shape index (κ3) is 2.92. The maximum atomic E-state index is 4.67. The Kier molecular flexibility index (Phi) is 4.16. The summed E-state index contributed by atoms with van der Waals surface area (Å²) in [6.07, 6.45) is 5.49. The van der Waals surface area contributed by atoms with Gasteiger partial charge in [0, 0.05) is 36.6 Å². The Morgan fingerprint density at radius 3 is 2.80 bits per heavy atom. The SMILES string of the molecule is Cc1nc(CN2CC3(CCCC3)NCC2C(C)C)cs1. The first-order valence-electron chi connectivity index (χ1n) is 7.98. The van der Waals surface area contributed by atoms with Gasteiger partial charge in [-0.15, -0.1) is 11.3 Å². The van der Waals surface area contributed by atoms with Gasteiger partial charge in [0.25, 0.3) is 0 Å². The summed E-state index contributed by atoms with van der Waals surface area (Å²) in [6.45, 7) is 10.2. The van der Waals surface area contributed by atoms with Crippen molar-refractivity contribution in [2.75, 3.05) is 13.1 Å². The van der Waals surface area contributed by atoms with Crippen molar-refractivity contribution in [2.45, 2.75) is 64.6 Å². The van der Waals surface area contributed by atoms with Crippen LogP contribution in [0.4, 0.5) is 0 Å². The van der Waals surface area contributed by atoms with Gasteiger partial charge in [-0.1, -0.05) is 26.7 Å². The maximum absolute atomic E-state index is 4.67. The van der Waals surface area contributed by atoms with Gasteiger partial charge < -0.3 is 5.32 Å². The van der Waals surface area contributed by atoms with Crippen molar-refractivity contribution in [3.8, 4) is 0 Å². The normalized spacial score (nSPS) is 26.7. The fourth-order valence-corrected chi connectivity index (χ4v) is 4.52. The molecule has 1 aliphatic heterocycles. The second kappa shape index (κ2) is 5.74. The zero-order valence-electron chi connectivity index (χ0n) is 13.0. The van der Waals surface area contributed by atoms with E-state index in [2.05, 4.69) is 41.4 Å². The fraction of sp³-hybridized carbons (Fsp3) is 0.812. The summed E-state index contributed by atoms with van der Waals surface area (Å²) in [5.41, 5.74) is 1.66.